The lowest BCUT2D eigenvalue weighted by Crippen LogP contribution is -2.00. The molecule has 0 bridgehead atoms. The molecule has 0 aliphatic heterocycles. The van der Waals surface area contributed by atoms with Crippen molar-refractivity contribution in [3.63, 3.8) is 0 Å². The van der Waals surface area contributed by atoms with Crippen LogP contribution < -0.4 is 4.74 Å². The van der Waals surface area contributed by atoms with Crippen LogP contribution in [-0.2, 0) is 4.74 Å². The van der Waals surface area contributed by atoms with Gasteiger partial charge in [0, 0.05) is 6.08 Å². The van der Waals surface area contributed by atoms with Gasteiger partial charge in [-0.25, -0.2) is 0 Å². The van der Waals surface area contributed by atoms with E-state index in [1.807, 2.05) is 24.3 Å². The van der Waals surface area contributed by atoms with Crippen LogP contribution in [0.15, 0.2) is 24.3 Å². The number of rotatable bonds is 8. The largest absolute Gasteiger partial charge is 0.496 e. The minimum atomic E-state index is 0.444. The average molecular weight is 261 g/mol. The first-order valence-electron chi connectivity index (χ1n) is 7.07. The SMILES string of the molecule is CCCCC([C]=C(OC)c1ccccc1OC)CC. The van der Waals surface area contributed by atoms with Gasteiger partial charge in [-0.3, -0.25) is 0 Å². The maximum Gasteiger partial charge on any atom is 0.133 e. The lowest BCUT2D eigenvalue weighted by atomic mass is 9.97. The van der Waals surface area contributed by atoms with Gasteiger partial charge in [-0.15, -0.1) is 0 Å². The molecular formula is C17H25O2. The number of hydrogen-bond acceptors (Lipinski definition) is 2. The van der Waals surface area contributed by atoms with Crippen LogP contribution in [0.4, 0.5) is 0 Å². The van der Waals surface area contributed by atoms with Crippen LogP contribution in [0.25, 0.3) is 5.76 Å². The summed E-state index contributed by atoms with van der Waals surface area (Å²) in [6, 6.07) is 7.91. The maximum absolute atomic E-state index is 5.52. The lowest BCUT2D eigenvalue weighted by molar-refractivity contribution is 0.354. The minimum absolute atomic E-state index is 0.444. The molecule has 1 radical (unpaired) electrons. The zero-order valence-electron chi connectivity index (χ0n) is 12.5. The van der Waals surface area contributed by atoms with Crippen molar-refractivity contribution in [2.24, 2.45) is 5.92 Å². The van der Waals surface area contributed by atoms with Crippen LogP contribution in [0.5, 0.6) is 5.75 Å². The molecule has 0 saturated heterocycles. The second-order valence-electron chi connectivity index (χ2n) is 4.63. The van der Waals surface area contributed by atoms with E-state index in [0.29, 0.717) is 5.92 Å². The maximum atomic E-state index is 5.52. The van der Waals surface area contributed by atoms with Gasteiger partial charge < -0.3 is 9.47 Å². The summed E-state index contributed by atoms with van der Waals surface area (Å²) in [6.45, 7) is 4.41. The molecule has 105 valence electrons. The molecule has 0 N–H and O–H groups in total. The molecule has 0 heterocycles. The standard InChI is InChI=1S/C17H25O2/c1-5-7-10-14(6-2)13-17(19-4)15-11-8-9-12-16(15)18-3/h8-9,11-12,14H,5-7,10H2,1-4H3. The van der Waals surface area contributed by atoms with Gasteiger partial charge in [0.25, 0.3) is 0 Å². The van der Waals surface area contributed by atoms with Crippen LogP contribution in [-0.4, -0.2) is 14.2 Å². The molecule has 1 atom stereocenters. The first kappa shape index (κ1) is 15.6. The summed E-state index contributed by atoms with van der Waals surface area (Å²) in [4.78, 5) is 0. The van der Waals surface area contributed by atoms with Crippen molar-refractivity contribution < 1.29 is 9.47 Å². The summed E-state index contributed by atoms with van der Waals surface area (Å²) in [5.74, 6) is 2.07. The Hall–Kier alpha value is -1.44. The Morgan fingerprint density at radius 1 is 1.21 bits per heavy atom. The van der Waals surface area contributed by atoms with Crippen molar-refractivity contribution in [3.05, 3.63) is 35.9 Å². The van der Waals surface area contributed by atoms with E-state index in [9.17, 15) is 0 Å². The Morgan fingerprint density at radius 2 is 1.95 bits per heavy atom. The van der Waals surface area contributed by atoms with Crippen LogP contribution in [0.1, 0.15) is 45.1 Å². The molecule has 0 aromatic heterocycles. The second-order valence-corrected chi connectivity index (χ2v) is 4.63. The number of allylic oxidation sites excluding steroid dienone is 1. The molecule has 2 nitrogen and oxygen atoms in total. The van der Waals surface area contributed by atoms with Gasteiger partial charge in [-0.1, -0.05) is 38.8 Å². The molecule has 0 amide bonds. The summed E-state index contributed by atoms with van der Waals surface area (Å²) in [7, 11) is 3.38. The predicted octanol–water partition coefficient (Wildman–Crippen LogP) is 4.70. The second kappa shape index (κ2) is 8.63. The number of methoxy groups -OCH3 is 2. The molecular weight excluding hydrogens is 236 g/mol. The molecule has 1 aromatic rings. The summed E-state index contributed by atoms with van der Waals surface area (Å²) in [6.07, 6.45) is 8.19. The van der Waals surface area contributed by atoms with Crippen molar-refractivity contribution in [3.8, 4) is 5.75 Å². The highest BCUT2D eigenvalue weighted by molar-refractivity contribution is 5.64. The fraction of sp³-hybridized carbons (Fsp3) is 0.529. The van der Waals surface area contributed by atoms with Gasteiger partial charge >= 0.3 is 0 Å². The van der Waals surface area contributed by atoms with Gasteiger partial charge in [-0.05, 0) is 30.9 Å². The first-order valence-corrected chi connectivity index (χ1v) is 7.07. The van der Waals surface area contributed by atoms with Gasteiger partial charge in [-0.2, -0.15) is 0 Å². The van der Waals surface area contributed by atoms with Crippen LogP contribution in [0.3, 0.4) is 0 Å². The van der Waals surface area contributed by atoms with Gasteiger partial charge in [0.15, 0.2) is 0 Å². The molecule has 0 saturated carbocycles. The van der Waals surface area contributed by atoms with Crippen molar-refractivity contribution in [1.29, 1.82) is 0 Å². The third kappa shape index (κ3) is 4.62. The fourth-order valence-corrected chi connectivity index (χ4v) is 2.09. The Balaban J connectivity index is 2.97. The monoisotopic (exact) mass is 261 g/mol. The zero-order valence-corrected chi connectivity index (χ0v) is 12.5. The summed E-state index contributed by atoms with van der Waals surface area (Å²) in [5.41, 5.74) is 0.974. The smallest absolute Gasteiger partial charge is 0.133 e. The minimum Gasteiger partial charge on any atom is -0.496 e. The molecule has 19 heavy (non-hydrogen) atoms. The summed E-state index contributed by atoms with van der Waals surface area (Å²) in [5, 5.41) is 0. The van der Waals surface area contributed by atoms with Gasteiger partial charge in [0.2, 0.25) is 0 Å². The number of hydrogen-bond donors (Lipinski definition) is 0. The van der Waals surface area contributed by atoms with Crippen molar-refractivity contribution in [2.45, 2.75) is 39.5 Å². The van der Waals surface area contributed by atoms with E-state index in [4.69, 9.17) is 9.47 Å². The van der Waals surface area contributed by atoms with E-state index in [-0.39, 0.29) is 0 Å². The average Bonchev–Trinajstić information content (AvgIpc) is 2.47. The summed E-state index contributed by atoms with van der Waals surface area (Å²) >= 11 is 0. The van der Waals surface area contributed by atoms with E-state index in [0.717, 1.165) is 29.9 Å². The van der Waals surface area contributed by atoms with E-state index in [2.05, 4.69) is 19.9 Å². The topological polar surface area (TPSA) is 18.5 Å². The van der Waals surface area contributed by atoms with Crippen molar-refractivity contribution >= 4 is 5.76 Å². The molecule has 0 spiro atoms. The predicted molar refractivity (Wildman–Crippen MR) is 80.0 cm³/mol. The molecule has 1 rings (SSSR count). The molecule has 0 fully saturated rings. The van der Waals surface area contributed by atoms with E-state index < -0.39 is 0 Å². The number of ether oxygens (including phenoxy) is 2. The Morgan fingerprint density at radius 3 is 2.53 bits per heavy atom. The molecule has 0 aliphatic rings. The van der Waals surface area contributed by atoms with E-state index >= 15 is 0 Å². The molecule has 1 aromatic carbocycles. The normalized spacial score (nSPS) is 13.2. The quantitative estimate of drug-likeness (QED) is 0.631. The Bertz CT molecular complexity index is 396. The molecule has 0 aliphatic carbocycles. The highest BCUT2D eigenvalue weighted by Crippen LogP contribution is 2.28. The van der Waals surface area contributed by atoms with Crippen LogP contribution in [0, 0.1) is 12.0 Å². The third-order valence-corrected chi connectivity index (χ3v) is 3.29. The van der Waals surface area contributed by atoms with Gasteiger partial charge in [0.1, 0.15) is 11.5 Å². The Labute approximate surface area is 117 Å². The first-order chi connectivity index (χ1) is 9.26. The number of para-hydroxylation sites is 1. The van der Waals surface area contributed by atoms with E-state index in [1.54, 1.807) is 14.2 Å². The Kier molecular flexibility index (Phi) is 7.09. The van der Waals surface area contributed by atoms with Crippen molar-refractivity contribution in [1.82, 2.24) is 0 Å². The van der Waals surface area contributed by atoms with E-state index in [1.165, 1.54) is 12.8 Å². The fourth-order valence-electron chi connectivity index (χ4n) is 2.09. The van der Waals surface area contributed by atoms with Crippen LogP contribution >= 0.6 is 0 Å². The highest BCUT2D eigenvalue weighted by atomic mass is 16.5. The van der Waals surface area contributed by atoms with Gasteiger partial charge in [0.05, 0.1) is 19.8 Å². The molecule has 2 heteroatoms. The van der Waals surface area contributed by atoms with Crippen molar-refractivity contribution in [2.75, 3.05) is 14.2 Å². The summed E-state index contributed by atoms with van der Waals surface area (Å²) < 4.78 is 10.9. The van der Waals surface area contributed by atoms with Crippen LogP contribution in [0.2, 0.25) is 0 Å². The highest BCUT2D eigenvalue weighted by Gasteiger charge is 2.12. The zero-order chi connectivity index (χ0) is 14.1. The third-order valence-electron chi connectivity index (χ3n) is 3.29. The number of unbranched alkanes of at least 4 members (excludes halogenated alkanes) is 1. The lowest BCUT2D eigenvalue weighted by Gasteiger charge is -2.14. The molecule has 1 unspecified atom stereocenters. The number of benzene rings is 1.